The number of aliphatic hydroxyl groups is 1. The highest BCUT2D eigenvalue weighted by atomic mass is 32.2. The Balaban J connectivity index is 3.03. The molecule has 7 nitrogen and oxygen atoms in total. The van der Waals surface area contributed by atoms with Gasteiger partial charge in [0, 0.05) is 13.1 Å². The molecule has 1 aromatic heterocycles. The molecule has 1 atom stereocenters. The van der Waals surface area contributed by atoms with Crippen LogP contribution in [0.5, 0.6) is 0 Å². The summed E-state index contributed by atoms with van der Waals surface area (Å²) in [7, 11) is -2.32. The lowest BCUT2D eigenvalue weighted by molar-refractivity contribution is 0.213. The van der Waals surface area contributed by atoms with E-state index in [2.05, 4.69) is 10.2 Å². The van der Waals surface area contributed by atoms with Gasteiger partial charge in [0.05, 0.1) is 6.61 Å². The molecule has 15 heavy (non-hydrogen) atoms. The lowest BCUT2D eigenvalue weighted by Crippen LogP contribution is -2.37. The van der Waals surface area contributed by atoms with Crippen molar-refractivity contribution in [3.8, 4) is 0 Å². The number of rotatable bonds is 4. The van der Waals surface area contributed by atoms with Gasteiger partial charge < -0.3 is 10.8 Å². The van der Waals surface area contributed by atoms with Crippen LogP contribution in [0.25, 0.3) is 0 Å². The molecule has 0 amide bonds. The fourth-order valence-electron chi connectivity index (χ4n) is 0.800. The van der Waals surface area contributed by atoms with E-state index < -0.39 is 16.1 Å². The van der Waals surface area contributed by atoms with Gasteiger partial charge in [-0.3, -0.25) is 0 Å². The van der Waals surface area contributed by atoms with Gasteiger partial charge in [0.25, 0.3) is 10.0 Å². The van der Waals surface area contributed by atoms with Crippen molar-refractivity contribution >= 4 is 26.5 Å². The summed E-state index contributed by atoms with van der Waals surface area (Å²) in [5, 5.41) is 15.8. The Bertz CT molecular complexity index is 429. The van der Waals surface area contributed by atoms with Gasteiger partial charge in [0.1, 0.15) is 0 Å². The zero-order valence-electron chi connectivity index (χ0n) is 8.28. The van der Waals surface area contributed by atoms with E-state index in [1.165, 1.54) is 7.05 Å². The molecule has 0 aliphatic rings. The predicted molar refractivity (Wildman–Crippen MR) is 55.8 cm³/mol. The highest BCUT2D eigenvalue weighted by Crippen LogP contribution is 2.21. The number of sulfonamides is 1. The van der Waals surface area contributed by atoms with Gasteiger partial charge in [-0.15, -0.1) is 10.2 Å². The molecule has 0 aliphatic heterocycles. The Morgan fingerprint density at radius 3 is 2.60 bits per heavy atom. The van der Waals surface area contributed by atoms with Crippen molar-refractivity contribution in [2.75, 3.05) is 19.4 Å². The van der Waals surface area contributed by atoms with Gasteiger partial charge in [0.15, 0.2) is 0 Å². The fraction of sp³-hybridized carbons (Fsp3) is 0.667. The summed E-state index contributed by atoms with van der Waals surface area (Å²) in [6, 6.07) is -0.514. The molecular formula is C6H12N4O3S2. The summed E-state index contributed by atoms with van der Waals surface area (Å²) >= 11 is 0.795. The molecule has 0 bridgehead atoms. The van der Waals surface area contributed by atoms with Crippen molar-refractivity contribution in [3.63, 3.8) is 0 Å². The molecule has 3 N–H and O–H groups in total. The minimum Gasteiger partial charge on any atom is -0.395 e. The molecule has 1 heterocycles. The standard InChI is InChI=1S/C6H12N4O3S2/c1-4(3-11)10(2)15(12,13)6-9-8-5(7)14-6/h4,11H,3H2,1-2H3,(H2,7,8). The second-order valence-corrected chi connectivity index (χ2v) is 6.14. The van der Waals surface area contributed by atoms with Gasteiger partial charge in [-0.05, 0) is 6.92 Å². The van der Waals surface area contributed by atoms with E-state index in [9.17, 15) is 8.42 Å². The SMILES string of the molecule is CC(CO)N(C)S(=O)(=O)c1nnc(N)s1. The van der Waals surface area contributed by atoms with E-state index in [1.54, 1.807) is 6.92 Å². The first kappa shape index (κ1) is 12.3. The third kappa shape index (κ3) is 2.43. The van der Waals surface area contributed by atoms with Crippen molar-refractivity contribution in [1.29, 1.82) is 0 Å². The highest BCUT2D eigenvalue weighted by molar-refractivity contribution is 7.91. The Kier molecular flexibility index (Phi) is 3.60. The van der Waals surface area contributed by atoms with E-state index in [0.29, 0.717) is 0 Å². The van der Waals surface area contributed by atoms with E-state index in [4.69, 9.17) is 10.8 Å². The molecule has 1 rings (SSSR count). The van der Waals surface area contributed by atoms with Crippen LogP contribution in [0.2, 0.25) is 0 Å². The molecule has 0 fully saturated rings. The number of nitrogen functional groups attached to an aromatic ring is 1. The molecule has 0 saturated carbocycles. The number of anilines is 1. The quantitative estimate of drug-likeness (QED) is 0.720. The third-order valence-electron chi connectivity index (χ3n) is 1.91. The Morgan fingerprint density at radius 1 is 1.60 bits per heavy atom. The number of aromatic nitrogens is 2. The number of aliphatic hydroxyl groups excluding tert-OH is 1. The maximum Gasteiger partial charge on any atom is 0.272 e. The Hall–Kier alpha value is -0.770. The van der Waals surface area contributed by atoms with Crippen LogP contribution in [-0.2, 0) is 10.0 Å². The number of hydrogen-bond acceptors (Lipinski definition) is 7. The maximum absolute atomic E-state index is 11.8. The van der Waals surface area contributed by atoms with Crippen LogP contribution in [0.3, 0.4) is 0 Å². The van der Waals surface area contributed by atoms with E-state index >= 15 is 0 Å². The number of hydrogen-bond donors (Lipinski definition) is 2. The first-order valence-corrected chi connectivity index (χ1v) is 6.33. The molecule has 1 unspecified atom stereocenters. The second kappa shape index (κ2) is 4.39. The molecule has 9 heteroatoms. The van der Waals surface area contributed by atoms with Crippen molar-refractivity contribution in [1.82, 2.24) is 14.5 Å². The minimum absolute atomic E-state index is 0.0960. The lowest BCUT2D eigenvalue weighted by atomic mass is 10.4. The van der Waals surface area contributed by atoms with E-state index in [1.807, 2.05) is 0 Å². The summed E-state index contributed by atoms with van der Waals surface area (Å²) in [6.07, 6.45) is 0. The topological polar surface area (TPSA) is 109 Å². The average Bonchev–Trinajstić information content (AvgIpc) is 2.63. The van der Waals surface area contributed by atoms with Gasteiger partial charge in [-0.25, -0.2) is 8.42 Å². The Labute approximate surface area is 91.6 Å². The summed E-state index contributed by atoms with van der Waals surface area (Å²) in [4.78, 5) is 0. The molecular weight excluding hydrogens is 240 g/mol. The van der Waals surface area contributed by atoms with Gasteiger partial charge in [0.2, 0.25) is 9.47 Å². The normalized spacial score (nSPS) is 14.4. The maximum atomic E-state index is 11.8. The lowest BCUT2D eigenvalue weighted by Gasteiger charge is -2.20. The van der Waals surface area contributed by atoms with Crippen molar-refractivity contribution < 1.29 is 13.5 Å². The largest absolute Gasteiger partial charge is 0.395 e. The zero-order valence-corrected chi connectivity index (χ0v) is 9.92. The molecule has 0 radical (unpaired) electrons. The van der Waals surface area contributed by atoms with Crippen LogP contribution in [0, 0.1) is 0 Å². The van der Waals surface area contributed by atoms with Crippen LogP contribution >= 0.6 is 11.3 Å². The molecule has 1 aromatic rings. The molecule has 0 aromatic carbocycles. The van der Waals surface area contributed by atoms with Crippen LogP contribution < -0.4 is 5.73 Å². The monoisotopic (exact) mass is 252 g/mol. The summed E-state index contributed by atoms with van der Waals surface area (Å²) in [6.45, 7) is 1.33. The summed E-state index contributed by atoms with van der Waals surface area (Å²) < 4.78 is 24.5. The Morgan fingerprint density at radius 2 is 2.20 bits per heavy atom. The summed E-state index contributed by atoms with van der Waals surface area (Å²) in [5.74, 6) is 0. The fourth-order valence-corrected chi connectivity index (χ4v) is 3.10. The van der Waals surface area contributed by atoms with Gasteiger partial charge in [-0.2, -0.15) is 4.31 Å². The van der Waals surface area contributed by atoms with Gasteiger partial charge in [-0.1, -0.05) is 11.3 Å². The second-order valence-electron chi connectivity index (χ2n) is 2.96. The summed E-state index contributed by atoms with van der Waals surface area (Å²) in [5.41, 5.74) is 5.30. The van der Waals surface area contributed by atoms with Crippen LogP contribution in [0.4, 0.5) is 5.13 Å². The number of nitrogens with two attached hydrogens (primary N) is 1. The first-order chi connectivity index (χ1) is 6.89. The van der Waals surface area contributed by atoms with E-state index in [-0.39, 0.29) is 16.1 Å². The van der Waals surface area contributed by atoms with E-state index in [0.717, 1.165) is 15.6 Å². The number of nitrogens with zero attached hydrogens (tertiary/aromatic N) is 3. The highest BCUT2D eigenvalue weighted by Gasteiger charge is 2.28. The number of likely N-dealkylation sites (N-methyl/N-ethyl adjacent to an activating group) is 1. The molecule has 0 aliphatic carbocycles. The average molecular weight is 252 g/mol. The minimum atomic E-state index is -3.69. The van der Waals surface area contributed by atoms with Gasteiger partial charge >= 0.3 is 0 Å². The molecule has 0 saturated heterocycles. The van der Waals surface area contributed by atoms with Crippen LogP contribution in [0.15, 0.2) is 4.34 Å². The predicted octanol–water partition coefficient (Wildman–Crippen LogP) is -0.878. The smallest absolute Gasteiger partial charge is 0.272 e. The van der Waals surface area contributed by atoms with Crippen molar-refractivity contribution in [3.05, 3.63) is 0 Å². The van der Waals surface area contributed by atoms with Crippen molar-refractivity contribution in [2.45, 2.75) is 17.3 Å². The first-order valence-electron chi connectivity index (χ1n) is 4.07. The third-order valence-corrected chi connectivity index (χ3v) is 4.98. The van der Waals surface area contributed by atoms with Crippen molar-refractivity contribution in [2.24, 2.45) is 0 Å². The molecule has 0 spiro atoms. The zero-order chi connectivity index (χ0) is 11.6. The molecule has 86 valence electrons. The van der Waals surface area contributed by atoms with Crippen LogP contribution in [-0.4, -0.2) is 47.7 Å². The van der Waals surface area contributed by atoms with Crippen LogP contribution in [0.1, 0.15) is 6.92 Å².